The van der Waals surface area contributed by atoms with Gasteiger partial charge in [-0.1, -0.05) is 6.42 Å². The molecule has 37 heavy (non-hydrogen) atoms. The number of carbonyl (C=O) groups is 1. The van der Waals surface area contributed by atoms with E-state index in [0.717, 1.165) is 84.1 Å². The Morgan fingerprint density at radius 1 is 1.03 bits per heavy atom. The number of primary amides is 1. The minimum atomic E-state index is -4.56. The van der Waals surface area contributed by atoms with E-state index in [1.165, 1.54) is 0 Å². The lowest BCUT2D eigenvalue weighted by atomic mass is 9.86. The molecule has 5 N–H and O–H groups in total. The fourth-order valence-electron chi connectivity index (χ4n) is 7.27. The van der Waals surface area contributed by atoms with Crippen molar-refractivity contribution >= 4 is 5.91 Å². The van der Waals surface area contributed by atoms with Crippen molar-refractivity contribution in [1.82, 2.24) is 25.9 Å². The molecule has 0 aromatic heterocycles. The van der Waals surface area contributed by atoms with Gasteiger partial charge in [0.2, 0.25) is 5.91 Å². The van der Waals surface area contributed by atoms with Crippen molar-refractivity contribution in [2.45, 2.75) is 101 Å². The molecule has 9 nitrogen and oxygen atoms in total. The Labute approximate surface area is 217 Å². The lowest BCUT2D eigenvalue weighted by molar-refractivity contribution is -0.346. The Bertz CT molecular complexity index is 768. The molecule has 1 saturated carbocycles. The van der Waals surface area contributed by atoms with E-state index in [0.29, 0.717) is 18.8 Å². The first-order valence-corrected chi connectivity index (χ1v) is 14.2. The third kappa shape index (κ3) is 7.14. The summed E-state index contributed by atoms with van der Waals surface area (Å²) in [6.07, 6.45) is 3.42. The van der Waals surface area contributed by atoms with Crippen molar-refractivity contribution in [3.63, 3.8) is 0 Å². The van der Waals surface area contributed by atoms with E-state index in [2.05, 4.69) is 30.7 Å². The van der Waals surface area contributed by atoms with Crippen LogP contribution in [0.2, 0.25) is 0 Å². The maximum absolute atomic E-state index is 12.7. The van der Waals surface area contributed by atoms with Gasteiger partial charge in [0.05, 0.1) is 24.5 Å². The Balaban J connectivity index is 1.10. The molecule has 7 atom stereocenters. The van der Waals surface area contributed by atoms with Gasteiger partial charge in [0.15, 0.2) is 0 Å². The molecule has 0 bridgehead atoms. The number of rotatable bonds is 7. The van der Waals surface area contributed by atoms with Crippen LogP contribution < -0.4 is 21.8 Å². The number of ether oxygens (including phenoxy) is 1. The number of hydrogen-bond acceptors (Lipinski definition) is 8. The molecule has 1 aliphatic carbocycles. The summed E-state index contributed by atoms with van der Waals surface area (Å²) >= 11 is 0. The normalized spacial score (nSPS) is 39.3. The van der Waals surface area contributed by atoms with E-state index < -0.39 is 12.5 Å². The van der Waals surface area contributed by atoms with Gasteiger partial charge in [-0.2, -0.15) is 5.48 Å². The molecular weight excluding hydrogens is 489 g/mol. The van der Waals surface area contributed by atoms with Gasteiger partial charge in [0, 0.05) is 25.6 Å². The van der Waals surface area contributed by atoms with Gasteiger partial charge in [0.25, 0.3) is 0 Å². The van der Waals surface area contributed by atoms with E-state index in [4.69, 9.17) is 10.6 Å². The third-order valence-electron chi connectivity index (χ3n) is 9.22. The van der Waals surface area contributed by atoms with E-state index in [-0.39, 0.29) is 42.3 Å². The molecule has 4 aliphatic heterocycles. The third-order valence-corrected chi connectivity index (χ3v) is 9.22. The average molecular weight is 533 g/mol. The van der Waals surface area contributed by atoms with Gasteiger partial charge in [-0.25, -0.2) is 0 Å². The summed E-state index contributed by atoms with van der Waals surface area (Å²) in [6.45, 7) is 4.46. The second-order valence-corrected chi connectivity index (χ2v) is 11.7. The topological polar surface area (TPSA) is 104 Å². The summed E-state index contributed by atoms with van der Waals surface area (Å²) < 4.78 is 42.5. The number of halogens is 3. The summed E-state index contributed by atoms with van der Waals surface area (Å²) in [6, 6.07) is 0.215. The highest BCUT2D eigenvalue weighted by atomic mass is 19.4. The molecule has 7 unspecified atom stereocenters. The van der Waals surface area contributed by atoms with Crippen molar-refractivity contribution in [1.29, 1.82) is 0 Å². The number of hydroxylamine groups is 1. The predicted molar refractivity (Wildman–Crippen MR) is 130 cm³/mol. The van der Waals surface area contributed by atoms with Crippen LogP contribution in [0.25, 0.3) is 0 Å². The maximum Gasteiger partial charge on any atom is 0.522 e. The highest BCUT2D eigenvalue weighted by molar-refractivity contribution is 5.76. The van der Waals surface area contributed by atoms with Crippen LogP contribution in [0, 0.1) is 17.8 Å². The zero-order valence-corrected chi connectivity index (χ0v) is 21.6. The minimum Gasteiger partial charge on any atom is -0.369 e. The van der Waals surface area contributed by atoms with Crippen molar-refractivity contribution < 1.29 is 27.5 Å². The van der Waals surface area contributed by atoms with Crippen LogP contribution in [0.15, 0.2) is 0 Å². The summed E-state index contributed by atoms with van der Waals surface area (Å²) in [7, 11) is 0. The Hall–Kier alpha value is -1.02. The highest BCUT2D eigenvalue weighted by Gasteiger charge is 2.43. The molecule has 12 heteroatoms. The Morgan fingerprint density at radius 3 is 2.59 bits per heavy atom. The van der Waals surface area contributed by atoms with Gasteiger partial charge in [-0.15, -0.1) is 13.2 Å². The summed E-state index contributed by atoms with van der Waals surface area (Å²) in [5, 5.41) is 7.35. The lowest BCUT2D eigenvalue weighted by Crippen LogP contribution is -2.57. The SMILES string of the molecule is NC(=O)C1CCN(C2CC(C3NOC(C4CCCN4CC4CCCC(OC(F)(F)F)C4)N3)CCN2)CC1. The molecule has 212 valence electrons. The van der Waals surface area contributed by atoms with Gasteiger partial charge in [-0.05, 0) is 82.7 Å². The second kappa shape index (κ2) is 12.0. The maximum atomic E-state index is 12.7. The number of nitrogens with one attached hydrogen (secondary N) is 3. The number of hydrogen-bond donors (Lipinski definition) is 4. The smallest absolute Gasteiger partial charge is 0.369 e. The molecule has 1 amide bonds. The van der Waals surface area contributed by atoms with Crippen molar-refractivity contribution in [2.24, 2.45) is 23.5 Å². The molecule has 0 radical (unpaired) electrons. The van der Waals surface area contributed by atoms with Gasteiger partial charge < -0.3 is 11.1 Å². The number of amides is 1. The van der Waals surface area contributed by atoms with Crippen molar-refractivity contribution in [3.8, 4) is 0 Å². The summed E-state index contributed by atoms with van der Waals surface area (Å²) in [5.41, 5.74) is 8.76. The van der Waals surface area contributed by atoms with Crippen LogP contribution in [-0.2, 0) is 14.4 Å². The van der Waals surface area contributed by atoms with Crippen molar-refractivity contribution in [3.05, 3.63) is 0 Å². The number of nitrogens with two attached hydrogens (primary N) is 1. The first kappa shape index (κ1) is 27.5. The van der Waals surface area contributed by atoms with Gasteiger partial charge in [0.1, 0.15) is 6.23 Å². The second-order valence-electron chi connectivity index (χ2n) is 11.7. The minimum absolute atomic E-state index is 0.00558. The fraction of sp³-hybridized carbons (Fsp3) is 0.960. The predicted octanol–water partition coefficient (Wildman–Crippen LogP) is 1.85. The Kier molecular flexibility index (Phi) is 8.94. The number of alkyl halides is 3. The molecule has 0 spiro atoms. The molecule has 5 rings (SSSR count). The van der Waals surface area contributed by atoms with Crippen molar-refractivity contribution in [2.75, 3.05) is 32.7 Å². The van der Waals surface area contributed by atoms with E-state index in [1.54, 1.807) is 0 Å². The fourth-order valence-corrected chi connectivity index (χ4v) is 7.27. The quantitative estimate of drug-likeness (QED) is 0.394. The molecule has 4 saturated heterocycles. The number of piperidine rings is 2. The molecule has 4 heterocycles. The zero-order chi connectivity index (χ0) is 26.0. The number of nitrogens with zero attached hydrogens (tertiary/aromatic N) is 2. The van der Waals surface area contributed by atoms with Crippen LogP contribution in [0.4, 0.5) is 13.2 Å². The van der Waals surface area contributed by atoms with E-state index in [9.17, 15) is 18.0 Å². The number of likely N-dealkylation sites (tertiary alicyclic amines) is 2. The first-order chi connectivity index (χ1) is 17.7. The largest absolute Gasteiger partial charge is 0.522 e. The summed E-state index contributed by atoms with van der Waals surface area (Å²) in [4.78, 5) is 22.4. The molecular formula is C25H43F3N6O3. The monoisotopic (exact) mass is 532 g/mol. The molecule has 0 aromatic carbocycles. The molecule has 5 fully saturated rings. The lowest BCUT2D eigenvalue weighted by Gasteiger charge is -2.42. The zero-order valence-electron chi connectivity index (χ0n) is 21.6. The standard InChI is InChI=1S/C25H43F3N6O3/c26-25(27,28)36-19-4-1-3-16(13-19)15-34-10-2-5-20(34)24-31-23(32-37-24)18-6-9-30-21(14-18)33-11-7-17(8-12-33)22(29)35/h16-21,23-24,30-32H,1-15H2,(H2,29,35). The van der Waals surface area contributed by atoms with E-state index >= 15 is 0 Å². The van der Waals surface area contributed by atoms with Gasteiger partial charge >= 0.3 is 6.36 Å². The Morgan fingerprint density at radius 2 is 1.84 bits per heavy atom. The van der Waals surface area contributed by atoms with Crippen LogP contribution in [-0.4, -0.2) is 85.5 Å². The first-order valence-electron chi connectivity index (χ1n) is 14.2. The van der Waals surface area contributed by atoms with E-state index in [1.807, 2.05) is 0 Å². The molecule has 0 aromatic rings. The highest BCUT2D eigenvalue weighted by Crippen LogP contribution is 2.34. The van der Waals surface area contributed by atoms with Crippen LogP contribution >= 0.6 is 0 Å². The van der Waals surface area contributed by atoms with Crippen LogP contribution in [0.1, 0.15) is 64.2 Å². The van der Waals surface area contributed by atoms with Gasteiger partial charge in [-0.3, -0.25) is 29.5 Å². The summed E-state index contributed by atoms with van der Waals surface area (Å²) in [5.74, 6) is 0.443. The van der Waals surface area contributed by atoms with Crippen LogP contribution in [0.3, 0.4) is 0 Å². The molecule has 5 aliphatic rings. The average Bonchev–Trinajstić information content (AvgIpc) is 3.53. The van der Waals surface area contributed by atoms with Crippen LogP contribution in [0.5, 0.6) is 0 Å². The number of carbonyl (C=O) groups excluding carboxylic acids is 1.